The molecule has 12 nitrogen and oxygen atoms in total. The van der Waals surface area contributed by atoms with Crippen molar-refractivity contribution in [3.63, 3.8) is 0 Å². The molecule has 14 heteroatoms. The summed E-state index contributed by atoms with van der Waals surface area (Å²) in [4.78, 5) is 4.41. The SMILES string of the molecule is CNS(=O)(=O)c1cccc(OC[C@@H](O)CNC2COC3(CCN(S(=O)(=O)c4cccc(-c5ccc(N)nc5)c4)CC3)C2)c1. The zero-order valence-corrected chi connectivity index (χ0v) is 25.5. The lowest BCUT2D eigenvalue weighted by Crippen LogP contribution is -2.47. The van der Waals surface area contributed by atoms with Gasteiger partial charge in [-0.2, -0.15) is 4.31 Å². The van der Waals surface area contributed by atoms with E-state index in [0.717, 1.165) is 11.1 Å². The Morgan fingerprint density at radius 2 is 1.81 bits per heavy atom. The maximum atomic E-state index is 13.5. The van der Waals surface area contributed by atoms with Crippen LogP contribution in [0.4, 0.5) is 5.82 Å². The summed E-state index contributed by atoms with van der Waals surface area (Å²) in [5, 5.41) is 13.8. The Morgan fingerprint density at radius 3 is 2.53 bits per heavy atom. The van der Waals surface area contributed by atoms with E-state index < -0.39 is 31.8 Å². The van der Waals surface area contributed by atoms with Gasteiger partial charge in [0.05, 0.1) is 22.0 Å². The minimum absolute atomic E-state index is 0.00658. The lowest BCUT2D eigenvalue weighted by Gasteiger charge is -2.38. The number of benzene rings is 2. The van der Waals surface area contributed by atoms with Crippen molar-refractivity contribution in [2.24, 2.45) is 0 Å². The lowest BCUT2D eigenvalue weighted by molar-refractivity contribution is -0.0312. The van der Waals surface area contributed by atoms with E-state index in [0.29, 0.717) is 50.5 Å². The average Bonchev–Trinajstić information content (AvgIpc) is 3.41. The molecule has 232 valence electrons. The Bertz CT molecular complexity index is 1630. The molecule has 0 saturated carbocycles. The summed E-state index contributed by atoms with van der Waals surface area (Å²) in [5.41, 5.74) is 6.80. The maximum Gasteiger partial charge on any atom is 0.243 e. The summed E-state index contributed by atoms with van der Waals surface area (Å²) in [6.45, 7) is 1.40. The van der Waals surface area contributed by atoms with Crippen molar-refractivity contribution in [3.8, 4) is 16.9 Å². The van der Waals surface area contributed by atoms with E-state index in [4.69, 9.17) is 15.2 Å². The molecule has 5 rings (SSSR count). The third-order valence-corrected chi connectivity index (χ3v) is 11.2. The fraction of sp³-hybridized carbons (Fsp3) is 0.414. The molecule has 0 bridgehead atoms. The van der Waals surface area contributed by atoms with Crippen LogP contribution in [0.1, 0.15) is 19.3 Å². The molecule has 3 aromatic rings. The number of aliphatic hydroxyl groups excluding tert-OH is 1. The van der Waals surface area contributed by atoms with Crippen molar-refractivity contribution in [3.05, 3.63) is 66.9 Å². The molecular formula is C29H37N5O7S2. The molecule has 2 aliphatic rings. The molecule has 1 unspecified atom stereocenters. The van der Waals surface area contributed by atoms with Gasteiger partial charge in [0, 0.05) is 43.5 Å². The third-order valence-electron chi connectivity index (χ3n) is 7.90. The van der Waals surface area contributed by atoms with Gasteiger partial charge in [-0.1, -0.05) is 18.2 Å². The van der Waals surface area contributed by atoms with Crippen LogP contribution in [-0.2, 0) is 24.8 Å². The summed E-state index contributed by atoms with van der Waals surface area (Å²) < 4.78 is 66.5. The molecule has 43 heavy (non-hydrogen) atoms. The standard InChI is InChI=1S/C29H37N5O7S2/c1-31-42(36,37)26-6-3-5-25(15-26)40-20-24(35)18-32-23-16-29(41-19-23)10-12-34(13-11-29)43(38,39)27-7-2-4-21(14-27)22-8-9-28(30)33-17-22/h2-9,14-15,17,23-24,31-32,35H,10-13,16,18-20H2,1H3,(H2,30,33)/t23?,24-/m0/s1. The van der Waals surface area contributed by atoms with Gasteiger partial charge in [-0.3, -0.25) is 0 Å². The van der Waals surface area contributed by atoms with Gasteiger partial charge in [0.15, 0.2) is 0 Å². The Morgan fingerprint density at radius 1 is 1.07 bits per heavy atom. The van der Waals surface area contributed by atoms with Gasteiger partial charge in [0.1, 0.15) is 24.3 Å². The van der Waals surface area contributed by atoms with Crippen LogP contribution in [0.25, 0.3) is 11.1 Å². The minimum Gasteiger partial charge on any atom is -0.491 e. The van der Waals surface area contributed by atoms with Gasteiger partial charge < -0.3 is 25.6 Å². The van der Waals surface area contributed by atoms with Crippen molar-refractivity contribution < 1.29 is 31.4 Å². The number of hydrogen-bond donors (Lipinski definition) is 4. The highest BCUT2D eigenvalue weighted by molar-refractivity contribution is 7.89. The fourth-order valence-corrected chi connectivity index (χ4v) is 7.67. The van der Waals surface area contributed by atoms with E-state index in [1.807, 2.05) is 12.1 Å². The first-order valence-corrected chi connectivity index (χ1v) is 17.0. The number of nitrogens with one attached hydrogen (secondary N) is 2. The summed E-state index contributed by atoms with van der Waals surface area (Å²) in [5.74, 6) is 0.740. The first-order valence-electron chi connectivity index (χ1n) is 14.0. The van der Waals surface area contributed by atoms with Crippen LogP contribution < -0.4 is 20.5 Å². The quantitative estimate of drug-likeness (QED) is 0.243. The molecule has 2 fully saturated rings. The normalized spacial score (nSPS) is 19.8. The van der Waals surface area contributed by atoms with Gasteiger partial charge in [-0.05, 0) is 68.3 Å². The van der Waals surface area contributed by atoms with E-state index in [2.05, 4.69) is 15.0 Å². The van der Waals surface area contributed by atoms with Crippen molar-refractivity contribution in [1.29, 1.82) is 0 Å². The van der Waals surface area contributed by atoms with Crippen LogP contribution in [0, 0.1) is 0 Å². The van der Waals surface area contributed by atoms with E-state index in [1.165, 1.54) is 23.5 Å². The van der Waals surface area contributed by atoms with Crippen LogP contribution >= 0.6 is 0 Å². The average molecular weight is 632 g/mol. The van der Waals surface area contributed by atoms with Crippen molar-refractivity contribution >= 4 is 25.9 Å². The molecule has 2 atom stereocenters. The van der Waals surface area contributed by atoms with E-state index in [1.54, 1.807) is 42.6 Å². The smallest absolute Gasteiger partial charge is 0.243 e. The molecule has 0 radical (unpaired) electrons. The van der Waals surface area contributed by atoms with E-state index >= 15 is 0 Å². The largest absolute Gasteiger partial charge is 0.491 e. The zero-order chi connectivity index (χ0) is 30.7. The number of hydrogen-bond acceptors (Lipinski definition) is 10. The molecule has 2 aromatic carbocycles. The number of nitrogen functional groups attached to an aromatic ring is 1. The fourth-order valence-electron chi connectivity index (χ4n) is 5.42. The molecular weight excluding hydrogens is 594 g/mol. The number of anilines is 1. The number of sulfonamides is 2. The third kappa shape index (κ3) is 7.34. The number of rotatable bonds is 11. The summed E-state index contributed by atoms with van der Waals surface area (Å²) in [6, 6.07) is 16.4. The topological polar surface area (TPSA) is 173 Å². The predicted molar refractivity (Wildman–Crippen MR) is 161 cm³/mol. The van der Waals surface area contributed by atoms with Crippen molar-refractivity contribution in [2.45, 2.75) is 46.8 Å². The molecule has 2 saturated heterocycles. The zero-order valence-electron chi connectivity index (χ0n) is 23.8. The number of nitrogens with two attached hydrogens (primary N) is 1. The van der Waals surface area contributed by atoms with Crippen LogP contribution in [0.3, 0.4) is 0 Å². The minimum atomic E-state index is -3.69. The number of nitrogens with zero attached hydrogens (tertiary/aromatic N) is 2. The van der Waals surface area contributed by atoms with Crippen molar-refractivity contribution in [1.82, 2.24) is 19.3 Å². The monoisotopic (exact) mass is 631 g/mol. The molecule has 1 aromatic heterocycles. The van der Waals surface area contributed by atoms with E-state index in [-0.39, 0.29) is 29.0 Å². The van der Waals surface area contributed by atoms with Crippen LogP contribution in [-0.4, -0.2) is 88.9 Å². The summed E-state index contributed by atoms with van der Waals surface area (Å²) in [7, 11) is -5.95. The number of aliphatic hydroxyl groups is 1. The predicted octanol–water partition coefficient (Wildman–Crippen LogP) is 1.58. The Balaban J connectivity index is 1.10. The second kappa shape index (κ2) is 12.9. The highest BCUT2D eigenvalue weighted by atomic mass is 32.2. The molecule has 1 spiro atoms. The number of pyridine rings is 1. The van der Waals surface area contributed by atoms with Crippen LogP contribution in [0.5, 0.6) is 5.75 Å². The molecule has 3 heterocycles. The molecule has 5 N–H and O–H groups in total. The van der Waals surface area contributed by atoms with Gasteiger partial charge in [0.25, 0.3) is 0 Å². The van der Waals surface area contributed by atoms with Crippen LogP contribution in [0.2, 0.25) is 0 Å². The van der Waals surface area contributed by atoms with Gasteiger partial charge in [0.2, 0.25) is 20.0 Å². The van der Waals surface area contributed by atoms with E-state index in [9.17, 15) is 21.9 Å². The number of aromatic nitrogens is 1. The van der Waals surface area contributed by atoms with Gasteiger partial charge >= 0.3 is 0 Å². The molecule has 2 aliphatic heterocycles. The highest BCUT2D eigenvalue weighted by Gasteiger charge is 2.44. The first kappa shape index (κ1) is 31.3. The summed E-state index contributed by atoms with van der Waals surface area (Å²) >= 11 is 0. The second-order valence-electron chi connectivity index (χ2n) is 10.9. The Hall–Kier alpha value is -3.11. The second-order valence-corrected chi connectivity index (χ2v) is 14.7. The Kier molecular flexibility index (Phi) is 9.37. The lowest BCUT2D eigenvalue weighted by atomic mass is 9.88. The maximum absolute atomic E-state index is 13.5. The number of ether oxygens (including phenoxy) is 2. The van der Waals surface area contributed by atoms with Crippen molar-refractivity contribution in [2.75, 3.05) is 45.6 Å². The Labute approximate surface area is 252 Å². The highest BCUT2D eigenvalue weighted by Crippen LogP contribution is 2.37. The van der Waals surface area contributed by atoms with Crippen LogP contribution in [0.15, 0.2) is 76.7 Å². The first-order chi connectivity index (χ1) is 20.5. The van der Waals surface area contributed by atoms with Gasteiger partial charge in [-0.15, -0.1) is 0 Å². The number of piperidine rings is 1. The summed E-state index contributed by atoms with van der Waals surface area (Å²) in [6.07, 6.45) is 2.65. The molecule has 0 aliphatic carbocycles. The molecule has 0 amide bonds. The van der Waals surface area contributed by atoms with Gasteiger partial charge in [-0.25, -0.2) is 26.5 Å².